The number of hydrogen-bond donors (Lipinski definition) is 4. The fraction of sp³-hybridized carbons (Fsp3) is 0.143. The molecule has 3 aromatic rings. The number of rotatable bonds is 10. The number of nitrogens with one attached hydrogen (secondary N) is 3. The number of benzene rings is 3. The van der Waals surface area contributed by atoms with Crippen LogP contribution in [0.5, 0.6) is 0 Å². The Bertz CT molecular complexity index is 1180. The highest BCUT2D eigenvalue weighted by molar-refractivity contribution is 6.09. The van der Waals surface area contributed by atoms with Crippen molar-refractivity contribution in [2.45, 2.75) is 13.3 Å². The number of nitrogens with two attached hydrogens (primary N) is 1. The van der Waals surface area contributed by atoms with Crippen molar-refractivity contribution in [1.82, 2.24) is 5.32 Å². The molecule has 0 radical (unpaired) electrons. The molecule has 0 aliphatic rings. The lowest BCUT2D eigenvalue weighted by molar-refractivity contribution is 0.978. The van der Waals surface area contributed by atoms with Crippen LogP contribution in [0.3, 0.4) is 0 Å². The SMILES string of the molecule is C=Cc1ccccc1C(=N)CN=C(NC(=C)c1ccccc1NCCC)c1ccccc1N. The van der Waals surface area contributed by atoms with E-state index in [9.17, 15) is 0 Å². The fourth-order valence-corrected chi connectivity index (χ4v) is 3.47. The maximum Gasteiger partial charge on any atom is 0.135 e. The number of aliphatic imine (C=N–C) groups is 1. The molecule has 0 heterocycles. The van der Waals surface area contributed by atoms with Crippen molar-refractivity contribution in [2.75, 3.05) is 24.1 Å². The van der Waals surface area contributed by atoms with E-state index in [1.54, 1.807) is 6.08 Å². The predicted molar refractivity (Wildman–Crippen MR) is 143 cm³/mol. The van der Waals surface area contributed by atoms with Gasteiger partial charge < -0.3 is 21.8 Å². The molecule has 0 amide bonds. The molecule has 3 rings (SSSR count). The van der Waals surface area contributed by atoms with E-state index in [0.29, 0.717) is 22.9 Å². The van der Waals surface area contributed by atoms with Crippen LogP contribution in [-0.2, 0) is 0 Å². The Balaban J connectivity index is 1.91. The normalized spacial score (nSPS) is 11.0. The molecule has 33 heavy (non-hydrogen) atoms. The molecule has 0 atom stereocenters. The molecule has 0 saturated carbocycles. The Hall–Kier alpha value is -4.12. The van der Waals surface area contributed by atoms with Crippen LogP contribution in [0.15, 0.2) is 90.9 Å². The highest BCUT2D eigenvalue weighted by atomic mass is 15.0. The maximum atomic E-state index is 8.59. The van der Waals surface area contributed by atoms with Crippen molar-refractivity contribution in [3.63, 3.8) is 0 Å². The van der Waals surface area contributed by atoms with Gasteiger partial charge in [0.05, 0.1) is 12.3 Å². The Kier molecular flexibility index (Phi) is 8.19. The molecule has 0 spiro atoms. The summed E-state index contributed by atoms with van der Waals surface area (Å²) < 4.78 is 0. The highest BCUT2D eigenvalue weighted by Crippen LogP contribution is 2.22. The van der Waals surface area contributed by atoms with Gasteiger partial charge in [-0.25, -0.2) is 0 Å². The van der Waals surface area contributed by atoms with Crippen LogP contribution in [0.4, 0.5) is 11.4 Å². The first-order valence-corrected chi connectivity index (χ1v) is 11.0. The van der Waals surface area contributed by atoms with Crippen LogP contribution in [0.25, 0.3) is 11.8 Å². The van der Waals surface area contributed by atoms with Gasteiger partial charge in [0.1, 0.15) is 5.84 Å². The first kappa shape index (κ1) is 23.5. The standard InChI is InChI=1S/C28H31N5/c1-4-18-31-27-17-11-9-13-22(27)20(3)33-28(24-15-8-10-16-25(24)29)32-19-26(30)23-14-7-6-12-21(23)5-2/h5-17,30-31H,2-4,18-19,29H2,1H3,(H,32,33). The predicted octanol–water partition coefficient (Wildman–Crippen LogP) is 5.81. The van der Waals surface area contributed by atoms with Gasteiger partial charge in [0.25, 0.3) is 0 Å². The zero-order valence-corrected chi connectivity index (χ0v) is 19.1. The van der Waals surface area contributed by atoms with Gasteiger partial charge in [0.2, 0.25) is 0 Å². The summed E-state index contributed by atoms with van der Waals surface area (Å²) in [4.78, 5) is 4.75. The molecule has 168 valence electrons. The molecule has 0 unspecified atom stereocenters. The summed E-state index contributed by atoms with van der Waals surface area (Å²) >= 11 is 0. The van der Waals surface area contributed by atoms with E-state index < -0.39 is 0 Å². The van der Waals surface area contributed by atoms with E-state index in [2.05, 4.69) is 30.7 Å². The number of nitrogen functional groups attached to an aromatic ring is 1. The topological polar surface area (TPSA) is 86.3 Å². The van der Waals surface area contributed by atoms with E-state index in [1.165, 1.54) is 0 Å². The maximum absolute atomic E-state index is 8.59. The van der Waals surface area contributed by atoms with E-state index in [-0.39, 0.29) is 6.54 Å². The van der Waals surface area contributed by atoms with Gasteiger partial charge >= 0.3 is 0 Å². The lowest BCUT2D eigenvalue weighted by atomic mass is 10.0. The molecule has 5 nitrogen and oxygen atoms in total. The average molecular weight is 438 g/mol. The molecule has 0 fully saturated rings. The second kappa shape index (κ2) is 11.5. The number of nitrogens with zero attached hydrogens (tertiary/aromatic N) is 1. The third-order valence-corrected chi connectivity index (χ3v) is 5.20. The Morgan fingerprint density at radius 1 is 0.970 bits per heavy atom. The van der Waals surface area contributed by atoms with E-state index in [0.717, 1.165) is 40.9 Å². The minimum Gasteiger partial charge on any atom is -0.398 e. The zero-order valence-electron chi connectivity index (χ0n) is 19.1. The number of amidine groups is 1. The molecule has 0 aromatic heterocycles. The zero-order chi connectivity index (χ0) is 23.6. The monoisotopic (exact) mass is 437 g/mol. The van der Waals surface area contributed by atoms with Crippen LogP contribution in [0, 0.1) is 5.41 Å². The number of hydrogen-bond acceptors (Lipinski definition) is 4. The molecule has 0 aliphatic heterocycles. The fourth-order valence-electron chi connectivity index (χ4n) is 3.47. The Morgan fingerprint density at radius 3 is 2.30 bits per heavy atom. The van der Waals surface area contributed by atoms with Crippen molar-refractivity contribution in [3.8, 4) is 0 Å². The Morgan fingerprint density at radius 2 is 1.61 bits per heavy atom. The molecule has 5 N–H and O–H groups in total. The lowest BCUT2D eigenvalue weighted by Crippen LogP contribution is -2.25. The summed E-state index contributed by atoms with van der Waals surface area (Å²) in [5.74, 6) is 0.573. The third kappa shape index (κ3) is 5.98. The van der Waals surface area contributed by atoms with Crippen molar-refractivity contribution < 1.29 is 0 Å². The first-order chi connectivity index (χ1) is 16.0. The van der Waals surface area contributed by atoms with Crippen LogP contribution in [0.1, 0.15) is 35.6 Å². The summed E-state index contributed by atoms with van der Waals surface area (Å²) in [7, 11) is 0. The summed E-state index contributed by atoms with van der Waals surface area (Å²) in [5.41, 5.74) is 12.4. The van der Waals surface area contributed by atoms with E-state index >= 15 is 0 Å². The van der Waals surface area contributed by atoms with Gasteiger partial charge in [-0.2, -0.15) is 0 Å². The average Bonchev–Trinajstić information content (AvgIpc) is 2.85. The largest absolute Gasteiger partial charge is 0.398 e. The molecular weight excluding hydrogens is 406 g/mol. The van der Waals surface area contributed by atoms with Crippen molar-refractivity contribution in [2.24, 2.45) is 4.99 Å². The van der Waals surface area contributed by atoms with Gasteiger partial charge in [-0.05, 0) is 30.2 Å². The molecule has 5 heteroatoms. The first-order valence-electron chi connectivity index (χ1n) is 11.0. The van der Waals surface area contributed by atoms with Crippen LogP contribution in [-0.4, -0.2) is 24.6 Å². The minimum atomic E-state index is 0.185. The van der Waals surface area contributed by atoms with Crippen LogP contribution >= 0.6 is 0 Å². The summed E-state index contributed by atoms with van der Waals surface area (Å²) in [5, 5.41) is 15.4. The van der Waals surface area contributed by atoms with Gasteiger partial charge in [0, 0.05) is 40.3 Å². The second-order valence-electron chi connectivity index (χ2n) is 7.60. The van der Waals surface area contributed by atoms with Crippen molar-refractivity contribution >= 4 is 34.7 Å². The second-order valence-corrected chi connectivity index (χ2v) is 7.60. The summed E-state index contributed by atoms with van der Waals surface area (Å²) in [6.07, 6.45) is 2.78. The van der Waals surface area contributed by atoms with Gasteiger partial charge in [-0.3, -0.25) is 4.99 Å². The Labute approximate surface area is 196 Å². The molecule has 0 saturated heterocycles. The smallest absolute Gasteiger partial charge is 0.135 e. The van der Waals surface area contributed by atoms with Gasteiger partial charge in [-0.1, -0.05) is 80.8 Å². The number of anilines is 2. The minimum absolute atomic E-state index is 0.185. The highest BCUT2D eigenvalue weighted by Gasteiger charge is 2.13. The molecular formula is C28H31N5. The molecule has 0 bridgehead atoms. The quantitative estimate of drug-likeness (QED) is 0.183. The number of para-hydroxylation sites is 2. The summed E-state index contributed by atoms with van der Waals surface area (Å²) in [6, 6.07) is 23.3. The van der Waals surface area contributed by atoms with Crippen LogP contribution in [0.2, 0.25) is 0 Å². The van der Waals surface area contributed by atoms with E-state index in [1.807, 2.05) is 72.8 Å². The van der Waals surface area contributed by atoms with Crippen molar-refractivity contribution in [1.29, 1.82) is 5.41 Å². The molecule has 3 aromatic carbocycles. The van der Waals surface area contributed by atoms with E-state index in [4.69, 9.17) is 16.1 Å². The van der Waals surface area contributed by atoms with Gasteiger partial charge in [0.15, 0.2) is 0 Å². The lowest BCUT2D eigenvalue weighted by Gasteiger charge is -2.18. The van der Waals surface area contributed by atoms with Crippen LogP contribution < -0.4 is 16.4 Å². The van der Waals surface area contributed by atoms with Crippen molar-refractivity contribution in [3.05, 3.63) is 108 Å². The molecule has 0 aliphatic carbocycles. The summed E-state index contributed by atoms with van der Waals surface area (Å²) in [6.45, 7) is 11.3. The van der Waals surface area contributed by atoms with Gasteiger partial charge in [-0.15, -0.1) is 0 Å². The third-order valence-electron chi connectivity index (χ3n) is 5.20.